The predicted octanol–water partition coefficient (Wildman–Crippen LogP) is 4.45. The monoisotopic (exact) mass is 437 g/mol. The molecule has 3 aromatic rings. The van der Waals surface area contributed by atoms with Crippen molar-refractivity contribution in [2.75, 3.05) is 18.4 Å². The van der Waals surface area contributed by atoms with E-state index in [-0.39, 0.29) is 17.2 Å². The number of hydrogen-bond acceptors (Lipinski definition) is 2. The van der Waals surface area contributed by atoms with Gasteiger partial charge in [0.1, 0.15) is 0 Å². The van der Waals surface area contributed by atoms with Crippen molar-refractivity contribution in [3.05, 3.63) is 64.3 Å². The number of benzene rings is 2. The Labute approximate surface area is 171 Å². The number of hydrogen-bond donors (Lipinski definition) is 2. The van der Waals surface area contributed by atoms with E-state index >= 15 is 0 Å². The van der Waals surface area contributed by atoms with E-state index in [2.05, 4.69) is 32.3 Å². The molecule has 1 saturated heterocycles. The van der Waals surface area contributed by atoms with Crippen LogP contribution in [0.1, 0.15) is 35.2 Å². The van der Waals surface area contributed by atoms with Gasteiger partial charge in [-0.3, -0.25) is 9.59 Å². The number of fused-ring (bicyclic) bond motifs is 3. The number of piperidine rings is 1. The highest BCUT2D eigenvalue weighted by molar-refractivity contribution is 9.10. The van der Waals surface area contributed by atoms with Gasteiger partial charge in [-0.05, 0) is 42.7 Å². The number of rotatable bonds is 1. The quantitative estimate of drug-likeness (QED) is 0.590. The molecular formula is C22H20BrN3O2. The molecular weight excluding hydrogens is 418 g/mol. The number of aromatic amines is 1. The fraction of sp³-hybridized carbons (Fsp3) is 0.273. The predicted molar refractivity (Wildman–Crippen MR) is 113 cm³/mol. The number of nitrogens with zero attached hydrogens (tertiary/aromatic N) is 1. The molecule has 2 amide bonds. The average molecular weight is 438 g/mol. The molecule has 0 aliphatic carbocycles. The zero-order chi connectivity index (χ0) is 19.3. The topological polar surface area (TPSA) is 65.2 Å². The van der Waals surface area contributed by atoms with E-state index in [1.807, 2.05) is 41.3 Å². The molecule has 0 bridgehead atoms. The van der Waals surface area contributed by atoms with Crippen molar-refractivity contribution in [1.29, 1.82) is 0 Å². The summed E-state index contributed by atoms with van der Waals surface area (Å²) >= 11 is 3.56. The minimum absolute atomic E-state index is 0.0574. The lowest BCUT2D eigenvalue weighted by molar-refractivity contribution is -0.118. The molecule has 0 radical (unpaired) electrons. The number of anilines is 1. The highest BCUT2D eigenvalue weighted by atomic mass is 79.9. The molecule has 28 heavy (non-hydrogen) atoms. The van der Waals surface area contributed by atoms with Crippen LogP contribution in [-0.4, -0.2) is 34.8 Å². The lowest BCUT2D eigenvalue weighted by Crippen LogP contribution is -2.48. The van der Waals surface area contributed by atoms with Gasteiger partial charge in [-0.1, -0.05) is 34.1 Å². The van der Waals surface area contributed by atoms with Crippen LogP contribution in [0.15, 0.2) is 53.1 Å². The van der Waals surface area contributed by atoms with Crippen molar-refractivity contribution >= 4 is 44.3 Å². The Hall–Kier alpha value is -2.60. The Bertz CT molecular complexity index is 1100. The Balaban J connectivity index is 1.42. The standard InChI is InChI=1S/C22H20BrN3O2/c23-14-5-6-19-17(11-14)22(12-20(27)25-19)7-9-26(10-8-22)21(28)16-13-24-18-4-2-1-3-15(16)18/h1-6,11,13,24H,7-10,12H2,(H,25,27). The van der Waals surface area contributed by atoms with Crippen LogP contribution in [0.5, 0.6) is 0 Å². The molecule has 5 nitrogen and oxygen atoms in total. The third-order valence-corrected chi connectivity index (χ3v) is 6.65. The zero-order valence-corrected chi connectivity index (χ0v) is 16.9. The Morgan fingerprint density at radius 3 is 2.71 bits per heavy atom. The molecule has 1 fully saturated rings. The van der Waals surface area contributed by atoms with Gasteiger partial charge in [0.25, 0.3) is 5.91 Å². The van der Waals surface area contributed by atoms with Crippen LogP contribution < -0.4 is 5.32 Å². The molecule has 142 valence electrons. The van der Waals surface area contributed by atoms with Crippen LogP contribution in [0.2, 0.25) is 0 Å². The maximum atomic E-state index is 13.1. The fourth-order valence-electron chi connectivity index (χ4n) is 4.66. The molecule has 2 aliphatic rings. The highest BCUT2D eigenvalue weighted by Gasteiger charge is 2.43. The van der Waals surface area contributed by atoms with Gasteiger partial charge in [0.15, 0.2) is 0 Å². The molecule has 2 aromatic carbocycles. The van der Waals surface area contributed by atoms with Crippen LogP contribution in [0, 0.1) is 0 Å². The third kappa shape index (κ3) is 2.75. The first kappa shape index (κ1) is 17.5. The normalized spacial score (nSPS) is 18.2. The number of carbonyl (C=O) groups is 2. The number of carbonyl (C=O) groups excluding carboxylic acids is 2. The smallest absolute Gasteiger partial charge is 0.256 e. The van der Waals surface area contributed by atoms with Crippen LogP contribution in [0.25, 0.3) is 10.9 Å². The first-order chi connectivity index (χ1) is 13.6. The van der Waals surface area contributed by atoms with E-state index in [1.165, 1.54) is 5.56 Å². The summed E-state index contributed by atoms with van der Waals surface area (Å²) in [6.45, 7) is 1.30. The first-order valence-corrected chi connectivity index (χ1v) is 10.3. The van der Waals surface area contributed by atoms with Crippen LogP contribution in [-0.2, 0) is 10.2 Å². The highest BCUT2D eigenvalue weighted by Crippen LogP contribution is 2.46. The molecule has 5 rings (SSSR count). The van der Waals surface area contributed by atoms with Crippen LogP contribution >= 0.6 is 15.9 Å². The van der Waals surface area contributed by atoms with Gasteiger partial charge in [-0.15, -0.1) is 0 Å². The van der Waals surface area contributed by atoms with Gasteiger partial charge < -0.3 is 15.2 Å². The van der Waals surface area contributed by atoms with Gasteiger partial charge in [0.2, 0.25) is 5.91 Å². The second-order valence-corrected chi connectivity index (χ2v) is 8.65. The summed E-state index contributed by atoms with van der Waals surface area (Å²) in [4.78, 5) is 30.6. The second-order valence-electron chi connectivity index (χ2n) is 7.74. The molecule has 0 saturated carbocycles. The number of H-pyrrole nitrogens is 1. The van der Waals surface area contributed by atoms with E-state index in [0.717, 1.165) is 39.5 Å². The summed E-state index contributed by atoms with van der Waals surface area (Å²) in [6, 6.07) is 13.9. The molecule has 0 unspecified atom stereocenters. The number of para-hydroxylation sites is 1. The average Bonchev–Trinajstić information content (AvgIpc) is 3.13. The number of amides is 2. The van der Waals surface area contributed by atoms with E-state index in [0.29, 0.717) is 19.5 Å². The Morgan fingerprint density at radius 2 is 1.89 bits per heavy atom. The summed E-state index contributed by atoms with van der Waals surface area (Å²) in [5.74, 6) is 0.119. The number of nitrogens with one attached hydrogen (secondary N) is 2. The maximum Gasteiger partial charge on any atom is 0.256 e. The second kappa shape index (κ2) is 6.48. The summed E-state index contributed by atoms with van der Waals surface area (Å²) in [7, 11) is 0. The van der Waals surface area contributed by atoms with Crippen molar-refractivity contribution in [3.63, 3.8) is 0 Å². The minimum atomic E-state index is -0.196. The Kier molecular flexibility index (Phi) is 4.05. The molecule has 1 spiro atoms. The van der Waals surface area contributed by atoms with Crippen LogP contribution in [0.4, 0.5) is 5.69 Å². The first-order valence-electron chi connectivity index (χ1n) is 9.51. The third-order valence-electron chi connectivity index (χ3n) is 6.15. The molecule has 2 aliphatic heterocycles. The summed E-state index contributed by atoms with van der Waals surface area (Å²) in [6.07, 6.45) is 3.86. The lowest BCUT2D eigenvalue weighted by Gasteiger charge is -2.45. The van der Waals surface area contributed by atoms with Gasteiger partial charge in [0, 0.05) is 52.2 Å². The van der Waals surface area contributed by atoms with E-state index < -0.39 is 0 Å². The van der Waals surface area contributed by atoms with Crippen molar-refractivity contribution in [3.8, 4) is 0 Å². The largest absolute Gasteiger partial charge is 0.360 e. The van der Waals surface area contributed by atoms with Gasteiger partial charge in [-0.25, -0.2) is 0 Å². The van der Waals surface area contributed by atoms with Crippen LogP contribution in [0.3, 0.4) is 0 Å². The number of halogens is 1. The van der Waals surface area contributed by atoms with E-state index in [1.54, 1.807) is 6.20 Å². The Morgan fingerprint density at radius 1 is 1.11 bits per heavy atom. The fourth-order valence-corrected chi connectivity index (χ4v) is 5.03. The summed E-state index contributed by atoms with van der Waals surface area (Å²) < 4.78 is 1.01. The molecule has 3 heterocycles. The van der Waals surface area contributed by atoms with Crippen molar-refractivity contribution < 1.29 is 9.59 Å². The number of aromatic nitrogens is 1. The van der Waals surface area contributed by atoms with Crippen molar-refractivity contribution in [1.82, 2.24) is 9.88 Å². The van der Waals surface area contributed by atoms with Gasteiger partial charge >= 0.3 is 0 Å². The molecule has 6 heteroatoms. The zero-order valence-electron chi connectivity index (χ0n) is 15.3. The lowest BCUT2D eigenvalue weighted by atomic mass is 9.68. The molecule has 2 N–H and O–H groups in total. The summed E-state index contributed by atoms with van der Waals surface area (Å²) in [5, 5.41) is 3.95. The minimum Gasteiger partial charge on any atom is -0.360 e. The number of likely N-dealkylation sites (tertiary alicyclic amines) is 1. The van der Waals surface area contributed by atoms with Crippen molar-refractivity contribution in [2.24, 2.45) is 0 Å². The van der Waals surface area contributed by atoms with Gasteiger partial charge in [-0.2, -0.15) is 0 Å². The molecule has 1 aromatic heterocycles. The summed E-state index contributed by atoms with van der Waals surface area (Å²) in [5.41, 5.74) is 3.58. The van der Waals surface area contributed by atoms with Crippen molar-refractivity contribution in [2.45, 2.75) is 24.7 Å². The SMILES string of the molecule is O=C1CC2(CCN(C(=O)c3c[nH]c4ccccc34)CC2)c2cc(Br)ccc2N1. The molecule has 0 atom stereocenters. The van der Waals surface area contributed by atoms with E-state index in [9.17, 15) is 9.59 Å². The van der Waals surface area contributed by atoms with E-state index in [4.69, 9.17) is 0 Å². The van der Waals surface area contributed by atoms with Gasteiger partial charge in [0.05, 0.1) is 5.56 Å². The maximum absolute atomic E-state index is 13.1.